The summed E-state index contributed by atoms with van der Waals surface area (Å²) in [4.78, 5) is 10.9. The average Bonchev–Trinajstić information content (AvgIpc) is 2.82. The van der Waals surface area contributed by atoms with Crippen molar-refractivity contribution in [3.05, 3.63) is 47.2 Å². The number of terminal acetylenes is 1. The molecule has 1 aromatic heterocycles. The number of hydrogen-bond acceptors (Lipinski definition) is 2. The summed E-state index contributed by atoms with van der Waals surface area (Å²) in [7, 11) is 0. The molecule has 0 aliphatic heterocycles. The molecule has 20 heavy (non-hydrogen) atoms. The van der Waals surface area contributed by atoms with E-state index >= 15 is 0 Å². The zero-order valence-corrected chi connectivity index (χ0v) is 9.86. The van der Waals surface area contributed by atoms with Crippen molar-refractivity contribution in [2.24, 2.45) is 0 Å². The topological polar surface area (TPSA) is 50.4 Å². The Morgan fingerprint density at radius 2 is 2.00 bits per heavy atom. The van der Waals surface area contributed by atoms with Gasteiger partial charge in [0, 0.05) is 11.6 Å². The minimum atomic E-state index is -4.49. The first-order chi connectivity index (χ1) is 9.32. The maximum Gasteiger partial charge on any atom is 0.416 e. The van der Waals surface area contributed by atoms with Gasteiger partial charge in [0.15, 0.2) is 0 Å². The maximum atomic E-state index is 12.6. The third-order valence-corrected chi connectivity index (χ3v) is 2.56. The van der Waals surface area contributed by atoms with Crippen LogP contribution >= 0.6 is 0 Å². The lowest BCUT2D eigenvalue weighted by atomic mass is 10.1. The quantitative estimate of drug-likeness (QED) is 0.854. The Morgan fingerprint density at radius 3 is 2.50 bits per heavy atom. The summed E-state index contributed by atoms with van der Waals surface area (Å²) in [6.07, 6.45) is 0.633. The van der Waals surface area contributed by atoms with Crippen LogP contribution in [0.15, 0.2) is 34.7 Å². The first kappa shape index (κ1) is 13.7. The van der Waals surface area contributed by atoms with Crippen molar-refractivity contribution in [2.45, 2.75) is 6.18 Å². The largest absolute Gasteiger partial charge is 0.475 e. The highest BCUT2D eigenvalue weighted by Gasteiger charge is 2.30. The van der Waals surface area contributed by atoms with E-state index in [2.05, 4.69) is 5.92 Å². The molecule has 1 aromatic carbocycles. The van der Waals surface area contributed by atoms with Crippen molar-refractivity contribution in [1.29, 1.82) is 0 Å². The highest BCUT2D eigenvalue weighted by molar-refractivity contribution is 5.88. The Hall–Kier alpha value is -2.68. The van der Waals surface area contributed by atoms with Crippen molar-refractivity contribution in [2.75, 3.05) is 0 Å². The number of aromatic carboxylic acids is 1. The molecule has 1 N–H and O–H groups in total. The van der Waals surface area contributed by atoms with Gasteiger partial charge in [-0.3, -0.25) is 0 Å². The first-order valence-electron chi connectivity index (χ1n) is 5.34. The summed E-state index contributed by atoms with van der Waals surface area (Å²) < 4.78 is 42.8. The Bertz CT molecular complexity index is 705. The number of benzene rings is 1. The van der Waals surface area contributed by atoms with E-state index in [1.165, 1.54) is 18.2 Å². The third-order valence-electron chi connectivity index (χ3n) is 2.56. The molecule has 0 aliphatic rings. The van der Waals surface area contributed by atoms with Crippen LogP contribution in [0.4, 0.5) is 13.2 Å². The summed E-state index contributed by atoms with van der Waals surface area (Å²) in [6, 6.07) is 5.58. The summed E-state index contributed by atoms with van der Waals surface area (Å²) in [6.45, 7) is 0. The molecule has 1 heterocycles. The maximum absolute atomic E-state index is 12.6. The molecular formula is C14H7F3O3. The standard InChI is InChI=1S/C14H7F3O3/c1-2-8-7-11(20-12(8)13(18)19)9-4-3-5-10(6-9)14(15,16)17/h1,3-7H,(H,18,19). The van der Waals surface area contributed by atoms with Crippen molar-refractivity contribution in [3.8, 4) is 23.7 Å². The van der Waals surface area contributed by atoms with Crippen LogP contribution < -0.4 is 0 Å². The lowest BCUT2D eigenvalue weighted by molar-refractivity contribution is -0.137. The summed E-state index contributed by atoms with van der Waals surface area (Å²) in [5.41, 5.74) is -0.778. The highest BCUT2D eigenvalue weighted by Crippen LogP contribution is 2.33. The van der Waals surface area contributed by atoms with E-state index in [0.29, 0.717) is 0 Å². The Labute approximate surface area is 111 Å². The molecule has 6 heteroatoms. The number of hydrogen-bond donors (Lipinski definition) is 1. The second-order valence-corrected chi connectivity index (χ2v) is 3.88. The second kappa shape index (κ2) is 4.78. The smallest absolute Gasteiger partial charge is 0.416 e. The van der Waals surface area contributed by atoms with Crippen LogP contribution in [0.25, 0.3) is 11.3 Å². The van der Waals surface area contributed by atoms with Gasteiger partial charge < -0.3 is 9.52 Å². The van der Waals surface area contributed by atoms with Gasteiger partial charge in [-0.1, -0.05) is 18.1 Å². The number of furan rings is 1. The molecule has 0 atom stereocenters. The van der Waals surface area contributed by atoms with Crippen molar-refractivity contribution in [3.63, 3.8) is 0 Å². The van der Waals surface area contributed by atoms with E-state index in [1.54, 1.807) is 0 Å². The summed E-state index contributed by atoms with van der Waals surface area (Å²) in [5, 5.41) is 8.87. The molecule has 102 valence electrons. The fourth-order valence-corrected chi connectivity index (χ4v) is 1.65. The van der Waals surface area contributed by atoms with Crippen LogP contribution in [-0.4, -0.2) is 11.1 Å². The Morgan fingerprint density at radius 1 is 1.30 bits per heavy atom. The number of carboxylic acids is 1. The fourth-order valence-electron chi connectivity index (χ4n) is 1.65. The number of halogens is 3. The van der Waals surface area contributed by atoms with Gasteiger partial charge >= 0.3 is 12.1 Å². The van der Waals surface area contributed by atoms with Crippen LogP contribution in [0.1, 0.15) is 21.7 Å². The van der Waals surface area contributed by atoms with Crippen LogP contribution in [-0.2, 0) is 6.18 Å². The highest BCUT2D eigenvalue weighted by atomic mass is 19.4. The zero-order chi connectivity index (χ0) is 14.9. The molecule has 0 fully saturated rings. The van der Waals surface area contributed by atoms with Gasteiger partial charge in [0.25, 0.3) is 0 Å². The van der Waals surface area contributed by atoms with Gasteiger partial charge in [0.05, 0.1) is 11.1 Å². The van der Waals surface area contributed by atoms with Crippen molar-refractivity contribution in [1.82, 2.24) is 0 Å². The molecule has 0 radical (unpaired) electrons. The number of alkyl halides is 3. The minimum absolute atomic E-state index is 0.0232. The second-order valence-electron chi connectivity index (χ2n) is 3.88. The molecule has 2 rings (SSSR count). The Kier molecular flexibility index (Phi) is 3.28. The molecule has 0 spiro atoms. The van der Waals surface area contributed by atoms with Crippen LogP contribution in [0.5, 0.6) is 0 Å². The van der Waals surface area contributed by atoms with Gasteiger partial charge in [-0.25, -0.2) is 4.79 Å². The predicted octanol–water partition coefficient (Wildman–Crippen LogP) is 3.64. The van der Waals surface area contributed by atoms with E-state index in [0.717, 1.165) is 12.1 Å². The molecule has 3 nitrogen and oxygen atoms in total. The SMILES string of the molecule is C#Cc1cc(-c2cccc(C(F)(F)F)c2)oc1C(=O)O. The van der Waals surface area contributed by atoms with Gasteiger partial charge in [-0.2, -0.15) is 13.2 Å². The molecule has 0 unspecified atom stereocenters. The number of carboxylic acid groups (broad SMARTS) is 1. The van der Waals surface area contributed by atoms with Gasteiger partial charge in [0.1, 0.15) is 5.76 Å². The molecule has 0 saturated heterocycles. The van der Waals surface area contributed by atoms with Crippen molar-refractivity contribution < 1.29 is 27.5 Å². The molecule has 0 amide bonds. The normalized spacial score (nSPS) is 11.1. The van der Waals surface area contributed by atoms with E-state index in [1.807, 2.05) is 0 Å². The van der Waals surface area contributed by atoms with Crippen LogP contribution in [0, 0.1) is 12.3 Å². The average molecular weight is 280 g/mol. The van der Waals surface area contributed by atoms with Gasteiger partial charge in [-0.15, -0.1) is 6.42 Å². The summed E-state index contributed by atoms with van der Waals surface area (Å²) >= 11 is 0. The monoisotopic (exact) mass is 280 g/mol. The number of carbonyl (C=O) groups is 1. The molecular weight excluding hydrogens is 273 g/mol. The van der Waals surface area contributed by atoms with Gasteiger partial charge in [-0.05, 0) is 12.1 Å². The van der Waals surface area contributed by atoms with Crippen LogP contribution in [0.3, 0.4) is 0 Å². The lowest BCUT2D eigenvalue weighted by Crippen LogP contribution is -2.04. The molecule has 0 aliphatic carbocycles. The molecule has 0 saturated carbocycles. The van der Waals surface area contributed by atoms with E-state index in [-0.39, 0.29) is 16.9 Å². The molecule has 0 bridgehead atoms. The first-order valence-corrected chi connectivity index (χ1v) is 5.34. The van der Waals surface area contributed by atoms with E-state index in [4.69, 9.17) is 15.9 Å². The van der Waals surface area contributed by atoms with Gasteiger partial charge in [0.2, 0.25) is 5.76 Å². The zero-order valence-electron chi connectivity index (χ0n) is 9.86. The minimum Gasteiger partial charge on any atom is -0.475 e. The fraction of sp³-hybridized carbons (Fsp3) is 0.0714. The third kappa shape index (κ3) is 2.52. The summed E-state index contributed by atoms with van der Waals surface area (Å²) in [5.74, 6) is 0.238. The van der Waals surface area contributed by atoms with Crippen molar-refractivity contribution >= 4 is 5.97 Å². The van der Waals surface area contributed by atoms with E-state index < -0.39 is 23.5 Å². The van der Waals surface area contributed by atoms with Crippen LogP contribution in [0.2, 0.25) is 0 Å². The lowest BCUT2D eigenvalue weighted by Gasteiger charge is -2.07. The number of rotatable bonds is 2. The molecule has 2 aromatic rings. The predicted molar refractivity (Wildman–Crippen MR) is 64.0 cm³/mol. The Balaban J connectivity index is 2.53. The van der Waals surface area contributed by atoms with E-state index in [9.17, 15) is 18.0 Å².